The highest BCUT2D eigenvalue weighted by atomic mass is 16.4. The van der Waals surface area contributed by atoms with Crippen LogP contribution < -0.4 is 38.1 Å². The van der Waals surface area contributed by atoms with E-state index in [-0.39, 0.29) is 38.1 Å². The summed E-state index contributed by atoms with van der Waals surface area (Å²) in [6.07, 6.45) is 8.23. The molecule has 0 saturated carbocycles. The van der Waals surface area contributed by atoms with Crippen LogP contribution in [0.4, 0.5) is 5.69 Å². The number of benzene rings is 2. The van der Waals surface area contributed by atoms with Crippen molar-refractivity contribution in [1.82, 2.24) is 26.2 Å². The number of carboxylic acids is 2. The van der Waals surface area contributed by atoms with E-state index in [0.29, 0.717) is 18.4 Å². The van der Waals surface area contributed by atoms with Gasteiger partial charge in [-0.05, 0) is 102 Å². The minimum atomic E-state index is -1.60. The number of para-hydroxylation sites is 1. The second-order valence-electron chi connectivity index (χ2n) is 19.2. The molecule has 0 bridgehead atoms. The summed E-state index contributed by atoms with van der Waals surface area (Å²) >= 11 is 0. The molecule has 6 amide bonds. The summed E-state index contributed by atoms with van der Waals surface area (Å²) in [7, 11) is 0. The molecule has 2 heterocycles. The number of nitrogens with zero attached hydrogens (tertiary/aromatic N) is 1. The molecule has 0 radical (unpaired) electrons. The van der Waals surface area contributed by atoms with Crippen LogP contribution in [-0.4, -0.2) is 105 Å². The third-order valence-electron chi connectivity index (χ3n) is 13.4. The van der Waals surface area contributed by atoms with Gasteiger partial charge in [-0.2, -0.15) is 0 Å². The predicted octanol–water partition coefficient (Wildman–Crippen LogP) is 4.49. The van der Waals surface area contributed by atoms with Gasteiger partial charge >= 0.3 is 11.9 Å². The average Bonchev–Trinajstić information content (AvgIpc) is 3.82. The number of amides is 6. The van der Waals surface area contributed by atoms with E-state index in [9.17, 15) is 39.0 Å². The second-order valence-corrected chi connectivity index (χ2v) is 19.2. The van der Waals surface area contributed by atoms with Crippen LogP contribution in [0.25, 0.3) is 0 Å². The Bertz CT molecular complexity index is 2330. The number of aliphatic carboxylic acids is 2. The van der Waals surface area contributed by atoms with Crippen molar-refractivity contribution in [3.8, 4) is 0 Å². The number of nitrogens with two attached hydrogens (primary N) is 2. The number of hydrogen-bond acceptors (Lipinski definition) is 10. The molecule has 2 aromatic carbocycles. The first-order chi connectivity index (χ1) is 33.7. The zero-order valence-corrected chi connectivity index (χ0v) is 41.9. The lowest BCUT2D eigenvalue weighted by molar-refractivity contribution is -0.145. The van der Waals surface area contributed by atoms with Gasteiger partial charge in [-0.3, -0.25) is 33.6 Å². The van der Waals surface area contributed by atoms with E-state index in [0.717, 1.165) is 42.5 Å². The van der Waals surface area contributed by atoms with Crippen LogP contribution in [-0.2, 0) is 50.2 Å². The van der Waals surface area contributed by atoms with Crippen LogP contribution >= 0.6 is 0 Å². The van der Waals surface area contributed by atoms with Crippen molar-refractivity contribution in [2.45, 2.75) is 160 Å². The third-order valence-corrected chi connectivity index (χ3v) is 13.4. The number of carbonyl (C=O) groups is 8. The molecular formula is C53H74N8O10. The van der Waals surface area contributed by atoms with Gasteiger partial charge in [0, 0.05) is 30.4 Å². The first kappa shape index (κ1) is 56.8. The van der Waals surface area contributed by atoms with Crippen molar-refractivity contribution in [1.29, 1.82) is 0 Å². The van der Waals surface area contributed by atoms with Crippen molar-refractivity contribution in [3.05, 3.63) is 101 Å². The van der Waals surface area contributed by atoms with Gasteiger partial charge < -0.3 is 53.2 Å². The number of likely N-dealkylation sites (tertiary alicyclic amines) is 1. The van der Waals surface area contributed by atoms with Gasteiger partial charge in [-0.15, -0.1) is 0 Å². The number of primary amides is 1. The molecule has 0 unspecified atom stereocenters. The largest absolute Gasteiger partial charge is 0.481 e. The molecule has 0 spiro atoms. The summed E-state index contributed by atoms with van der Waals surface area (Å²) in [6, 6.07) is 9.62. The van der Waals surface area contributed by atoms with Crippen LogP contribution in [0.1, 0.15) is 123 Å². The summed E-state index contributed by atoms with van der Waals surface area (Å²) in [5.74, 6) is -7.64. The van der Waals surface area contributed by atoms with Gasteiger partial charge in [0.15, 0.2) is 0 Å². The maximum absolute atomic E-state index is 15.7. The number of fused-ring (bicyclic) bond motifs is 3. The van der Waals surface area contributed by atoms with Crippen LogP contribution in [0.15, 0.2) is 89.5 Å². The lowest BCUT2D eigenvalue weighted by atomic mass is 9.74. The third kappa shape index (κ3) is 16.1. The van der Waals surface area contributed by atoms with Gasteiger partial charge in [0.05, 0.1) is 6.54 Å². The van der Waals surface area contributed by atoms with Crippen molar-refractivity contribution in [2.24, 2.45) is 17.4 Å². The molecule has 2 aliphatic heterocycles. The number of rotatable bonds is 28. The fraction of sp³-hybridized carbons (Fsp3) is 0.509. The Morgan fingerprint density at radius 3 is 2.01 bits per heavy atom. The lowest BCUT2D eigenvalue weighted by Crippen LogP contribution is -2.62. The Hall–Kier alpha value is -6.82. The molecule has 18 nitrogen and oxygen atoms in total. The summed E-state index contributed by atoms with van der Waals surface area (Å²) in [6.45, 7) is 11.6. The molecular weight excluding hydrogens is 909 g/mol. The Morgan fingerprint density at radius 1 is 0.775 bits per heavy atom. The van der Waals surface area contributed by atoms with Gasteiger partial charge in [-0.25, -0.2) is 4.79 Å². The summed E-state index contributed by atoms with van der Waals surface area (Å²) in [5.41, 5.74) is 15.8. The SMILES string of the molecule is CC[C@H](C)[C@H](NC(=O)CN)C(=O)N[C@@H](Cc1ccccc1)C(=O)N1[C@H]2Nc3ccccc3[C@@]2(C/C=C(\C)CC/C=C(\C)CCC=C(C)C)C[C@H]1C(=O)N[C@@H](CCC(=O)O)C(=O)N[C@@H](CCC(N)=O)C(=O)O. The van der Waals surface area contributed by atoms with Crippen LogP contribution in [0.3, 0.4) is 0 Å². The molecule has 11 N–H and O–H groups in total. The quantitative estimate of drug-likeness (QED) is 0.0534. The molecule has 2 aromatic rings. The topological polar surface area (TPSA) is 292 Å². The van der Waals surface area contributed by atoms with Crippen LogP contribution in [0.5, 0.6) is 0 Å². The summed E-state index contributed by atoms with van der Waals surface area (Å²) < 4.78 is 0. The predicted molar refractivity (Wildman–Crippen MR) is 270 cm³/mol. The van der Waals surface area contributed by atoms with E-state index in [2.05, 4.69) is 65.6 Å². The van der Waals surface area contributed by atoms with Crippen molar-refractivity contribution in [2.75, 3.05) is 11.9 Å². The van der Waals surface area contributed by atoms with E-state index in [1.54, 1.807) is 37.3 Å². The van der Waals surface area contributed by atoms with Crippen molar-refractivity contribution >= 4 is 53.1 Å². The molecule has 0 aromatic heterocycles. The Morgan fingerprint density at radius 2 is 1.39 bits per heavy atom. The summed E-state index contributed by atoms with van der Waals surface area (Å²) in [4.78, 5) is 109. The smallest absolute Gasteiger partial charge is 0.326 e. The second kappa shape index (κ2) is 27.0. The molecule has 1 saturated heterocycles. The molecule has 71 heavy (non-hydrogen) atoms. The zero-order valence-electron chi connectivity index (χ0n) is 41.9. The molecule has 0 aliphatic carbocycles. The van der Waals surface area contributed by atoms with Gasteiger partial charge in [0.25, 0.3) is 0 Å². The average molecular weight is 983 g/mol. The fourth-order valence-electron chi connectivity index (χ4n) is 9.20. The van der Waals surface area contributed by atoms with Crippen LogP contribution in [0, 0.1) is 5.92 Å². The highest BCUT2D eigenvalue weighted by Crippen LogP contribution is 2.53. The number of carbonyl (C=O) groups excluding carboxylic acids is 6. The lowest BCUT2D eigenvalue weighted by Gasteiger charge is -2.36. The number of allylic oxidation sites excluding steroid dienone is 6. The molecule has 4 rings (SSSR count). The molecule has 1 fully saturated rings. The van der Waals surface area contributed by atoms with E-state index in [1.807, 2.05) is 38.1 Å². The molecule has 8 atom stereocenters. The summed E-state index contributed by atoms with van der Waals surface area (Å²) in [5, 5.41) is 33.7. The van der Waals surface area contributed by atoms with Gasteiger partial charge in [0.2, 0.25) is 35.4 Å². The van der Waals surface area contributed by atoms with E-state index in [1.165, 1.54) is 16.0 Å². The van der Waals surface area contributed by atoms with Crippen LogP contribution in [0.2, 0.25) is 0 Å². The highest BCUT2D eigenvalue weighted by Gasteiger charge is 2.61. The molecule has 2 aliphatic rings. The van der Waals surface area contributed by atoms with E-state index in [4.69, 9.17) is 11.5 Å². The molecule has 18 heteroatoms. The monoisotopic (exact) mass is 983 g/mol. The highest BCUT2D eigenvalue weighted by molar-refractivity contribution is 5.98. The minimum Gasteiger partial charge on any atom is -0.481 e. The number of carboxylic acid groups (broad SMARTS) is 2. The number of hydrogen-bond donors (Lipinski definition) is 9. The van der Waals surface area contributed by atoms with Gasteiger partial charge in [-0.1, -0.05) is 104 Å². The number of nitrogens with one attached hydrogen (secondary N) is 5. The Kier molecular flexibility index (Phi) is 21.6. The van der Waals surface area contributed by atoms with E-state index < -0.39 is 102 Å². The van der Waals surface area contributed by atoms with E-state index >= 15 is 9.59 Å². The van der Waals surface area contributed by atoms with Gasteiger partial charge in [0.1, 0.15) is 36.4 Å². The maximum atomic E-state index is 15.7. The minimum absolute atomic E-state index is 0.0180. The first-order valence-electron chi connectivity index (χ1n) is 24.5. The Balaban J connectivity index is 1.84. The fourth-order valence-corrected chi connectivity index (χ4v) is 9.20. The molecule has 386 valence electrons. The van der Waals surface area contributed by atoms with Crippen molar-refractivity contribution in [3.63, 3.8) is 0 Å². The maximum Gasteiger partial charge on any atom is 0.326 e. The Labute approximate surface area is 416 Å². The van der Waals surface area contributed by atoms with Crippen molar-refractivity contribution < 1.29 is 48.6 Å². The standard InChI is InChI=1S/C53H74N8O10/c1-7-35(6)46(60-44(63)31-54)49(68)58-41(29-36-19-9-8-10-20-36)50(69)61-42(48(67)56-39(24-26-45(64)65)47(66)57-40(51(70)71)23-25-43(55)62)30-53(37-21-11-12-22-38(37)59-52(53)61)28-27-34(5)18-14-17-33(4)16-13-15-32(2)3/h8-12,15,17,19-22,27,35,39-42,46,52,59H,7,13-14,16,18,23-26,28-31,54H2,1-6H3,(H2,55,62)(H,56,67)(H,57,66)(H,58,68)(H,60,63)(H,64,65)(H,70,71)/b33-17+,34-27+/t35-,39-,40-,41-,42-,46-,52+,53+/m0/s1. The first-order valence-corrected chi connectivity index (χ1v) is 24.5. The zero-order chi connectivity index (χ0) is 52.4. The normalized spacial score (nSPS) is 19.3. The number of anilines is 1.